The molecule has 0 amide bonds. The van der Waals surface area contributed by atoms with Crippen LogP contribution in [0.25, 0.3) is 6.08 Å². The van der Waals surface area contributed by atoms with Gasteiger partial charge in [-0.25, -0.2) is 0 Å². The number of ketones is 1. The quantitative estimate of drug-likeness (QED) is 0.743. The molecule has 2 aliphatic rings. The number of carbonyl (C=O) groups excluding carboxylic acids is 1. The molecule has 1 saturated carbocycles. The molecule has 3 heteroatoms. The molecule has 0 spiro atoms. The number of methoxy groups -OCH3 is 1. The molecule has 1 aliphatic carbocycles. The summed E-state index contributed by atoms with van der Waals surface area (Å²) in [5, 5.41) is 0. The largest absolute Gasteiger partial charge is 0.497 e. The standard InChI is InChI=1S/C14H14O3/c1-16-10-5-6-13-9(7-10)8-11-12(15)3-2-4-14(11)17-13/h5-8,14H,2-4H2,1H3. The predicted octanol–water partition coefficient (Wildman–Crippen LogP) is 2.59. The number of hydrogen-bond acceptors (Lipinski definition) is 3. The van der Waals surface area contributed by atoms with Crippen molar-refractivity contribution >= 4 is 11.9 Å². The normalized spacial score (nSPS) is 22.1. The third-order valence-electron chi connectivity index (χ3n) is 3.34. The van der Waals surface area contributed by atoms with Gasteiger partial charge in [0.1, 0.15) is 17.6 Å². The predicted molar refractivity (Wildman–Crippen MR) is 64.2 cm³/mol. The minimum Gasteiger partial charge on any atom is -0.497 e. The minimum atomic E-state index is -0.0443. The molecule has 1 atom stereocenters. The van der Waals surface area contributed by atoms with Gasteiger partial charge in [-0.3, -0.25) is 4.79 Å². The first-order valence-electron chi connectivity index (χ1n) is 5.87. The Bertz CT molecular complexity index is 502. The highest BCUT2D eigenvalue weighted by molar-refractivity contribution is 6.02. The van der Waals surface area contributed by atoms with Crippen molar-refractivity contribution in [3.8, 4) is 11.5 Å². The zero-order chi connectivity index (χ0) is 11.8. The third-order valence-corrected chi connectivity index (χ3v) is 3.34. The van der Waals surface area contributed by atoms with Gasteiger partial charge in [0.15, 0.2) is 5.78 Å². The number of ether oxygens (including phenoxy) is 2. The lowest BCUT2D eigenvalue weighted by molar-refractivity contribution is -0.117. The van der Waals surface area contributed by atoms with Crippen LogP contribution in [0, 0.1) is 0 Å². The van der Waals surface area contributed by atoms with E-state index in [9.17, 15) is 4.79 Å². The van der Waals surface area contributed by atoms with Crippen molar-refractivity contribution in [3.63, 3.8) is 0 Å². The Hall–Kier alpha value is -1.77. The summed E-state index contributed by atoms with van der Waals surface area (Å²) in [5.74, 6) is 1.84. The van der Waals surface area contributed by atoms with Gasteiger partial charge in [0.25, 0.3) is 0 Å². The van der Waals surface area contributed by atoms with E-state index in [2.05, 4.69) is 0 Å². The molecule has 1 fully saturated rings. The second kappa shape index (κ2) is 3.91. The maximum Gasteiger partial charge on any atom is 0.162 e. The molecule has 1 aliphatic heterocycles. The zero-order valence-corrected chi connectivity index (χ0v) is 9.73. The van der Waals surface area contributed by atoms with Crippen molar-refractivity contribution in [2.45, 2.75) is 25.4 Å². The highest BCUT2D eigenvalue weighted by atomic mass is 16.5. The molecule has 1 aromatic rings. The Morgan fingerprint density at radius 1 is 1.41 bits per heavy atom. The summed E-state index contributed by atoms with van der Waals surface area (Å²) in [6.45, 7) is 0. The van der Waals surface area contributed by atoms with Crippen molar-refractivity contribution in [1.82, 2.24) is 0 Å². The Morgan fingerprint density at radius 2 is 2.29 bits per heavy atom. The van der Waals surface area contributed by atoms with Crippen LogP contribution < -0.4 is 9.47 Å². The molecule has 3 nitrogen and oxygen atoms in total. The van der Waals surface area contributed by atoms with Gasteiger partial charge in [-0.05, 0) is 37.1 Å². The second-order valence-electron chi connectivity index (χ2n) is 4.43. The van der Waals surface area contributed by atoms with Gasteiger partial charge in [0.05, 0.1) is 7.11 Å². The van der Waals surface area contributed by atoms with Crippen LogP contribution in [0.2, 0.25) is 0 Å². The van der Waals surface area contributed by atoms with Crippen LogP contribution >= 0.6 is 0 Å². The summed E-state index contributed by atoms with van der Waals surface area (Å²) in [6, 6.07) is 5.68. The van der Waals surface area contributed by atoms with E-state index in [4.69, 9.17) is 9.47 Å². The Labute approximate surface area is 100 Å². The van der Waals surface area contributed by atoms with Crippen LogP contribution in [0.5, 0.6) is 11.5 Å². The summed E-state index contributed by atoms with van der Waals surface area (Å²) in [7, 11) is 1.63. The molecular formula is C14H14O3. The van der Waals surface area contributed by atoms with Gasteiger partial charge >= 0.3 is 0 Å². The molecular weight excluding hydrogens is 216 g/mol. The Kier molecular flexibility index (Phi) is 2.39. The van der Waals surface area contributed by atoms with Gasteiger partial charge < -0.3 is 9.47 Å². The van der Waals surface area contributed by atoms with Crippen molar-refractivity contribution in [2.75, 3.05) is 7.11 Å². The Balaban J connectivity index is 2.05. The highest BCUT2D eigenvalue weighted by Crippen LogP contribution is 2.36. The van der Waals surface area contributed by atoms with E-state index in [1.807, 2.05) is 24.3 Å². The lowest BCUT2D eigenvalue weighted by atomic mass is 9.87. The average molecular weight is 230 g/mol. The van der Waals surface area contributed by atoms with Gasteiger partial charge in [0.2, 0.25) is 0 Å². The lowest BCUT2D eigenvalue weighted by Crippen LogP contribution is -2.30. The van der Waals surface area contributed by atoms with E-state index in [0.717, 1.165) is 35.5 Å². The minimum absolute atomic E-state index is 0.0443. The maximum atomic E-state index is 11.8. The van der Waals surface area contributed by atoms with Crippen molar-refractivity contribution in [1.29, 1.82) is 0 Å². The summed E-state index contributed by atoms with van der Waals surface area (Å²) >= 11 is 0. The summed E-state index contributed by atoms with van der Waals surface area (Å²) < 4.78 is 11.0. The van der Waals surface area contributed by atoms with Crippen LogP contribution in [0.15, 0.2) is 23.8 Å². The van der Waals surface area contributed by atoms with Crippen LogP contribution in [-0.2, 0) is 4.79 Å². The first-order chi connectivity index (χ1) is 8.28. The molecule has 0 aromatic heterocycles. The first kappa shape index (κ1) is 10.4. The molecule has 1 heterocycles. The van der Waals surface area contributed by atoms with E-state index in [1.54, 1.807) is 7.11 Å². The molecule has 88 valence electrons. The molecule has 0 radical (unpaired) electrons. The fourth-order valence-corrected chi connectivity index (χ4v) is 2.42. The third kappa shape index (κ3) is 1.71. The topological polar surface area (TPSA) is 35.5 Å². The van der Waals surface area contributed by atoms with E-state index in [0.29, 0.717) is 6.42 Å². The number of hydrogen-bond donors (Lipinski definition) is 0. The number of fused-ring (bicyclic) bond motifs is 2. The average Bonchev–Trinajstić information content (AvgIpc) is 2.37. The van der Waals surface area contributed by atoms with Crippen LogP contribution in [-0.4, -0.2) is 19.0 Å². The highest BCUT2D eigenvalue weighted by Gasteiger charge is 2.30. The van der Waals surface area contributed by atoms with Gasteiger partial charge in [0, 0.05) is 17.6 Å². The van der Waals surface area contributed by atoms with E-state index in [-0.39, 0.29) is 11.9 Å². The first-order valence-corrected chi connectivity index (χ1v) is 5.87. The number of rotatable bonds is 1. The fraction of sp³-hybridized carbons (Fsp3) is 0.357. The molecule has 1 unspecified atom stereocenters. The number of carbonyl (C=O) groups is 1. The Morgan fingerprint density at radius 3 is 3.12 bits per heavy atom. The van der Waals surface area contributed by atoms with Gasteiger partial charge in [-0.1, -0.05) is 0 Å². The molecule has 0 bridgehead atoms. The van der Waals surface area contributed by atoms with Gasteiger partial charge in [-0.2, -0.15) is 0 Å². The summed E-state index contributed by atoms with van der Waals surface area (Å²) in [5.41, 5.74) is 1.75. The number of Topliss-reactive ketones (excluding diaryl/α,β-unsaturated/α-hetero) is 1. The summed E-state index contributed by atoms with van der Waals surface area (Å²) in [6.07, 6.45) is 4.41. The maximum absolute atomic E-state index is 11.8. The lowest BCUT2D eigenvalue weighted by Gasteiger charge is -2.29. The van der Waals surface area contributed by atoms with Crippen LogP contribution in [0.4, 0.5) is 0 Å². The van der Waals surface area contributed by atoms with E-state index >= 15 is 0 Å². The van der Waals surface area contributed by atoms with E-state index < -0.39 is 0 Å². The second-order valence-corrected chi connectivity index (χ2v) is 4.43. The summed E-state index contributed by atoms with van der Waals surface area (Å²) in [4.78, 5) is 11.8. The molecule has 1 aromatic carbocycles. The number of benzene rings is 1. The van der Waals surface area contributed by atoms with Crippen LogP contribution in [0.1, 0.15) is 24.8 Å². The van der Waals surface area contributed by atoms with Crippen molar-refractivity contribution in [3.05, 3.63) is 29.3 Å². The zero-order valence-electron chi connectivity index (χ0n) is 9.73. The molecule has 0 N–H and O–H groups in total. The van der Waals surface area contributed by atoms with Gasteiger partial charge in [-0.15, -0.1) is 0 Å². The smallest absolute Gasteiger partial charge is 0.162 e. The molecule has 17 heavy (non-hydrogen) atoms. The SMILES string of the molecule is COc1ccc2c(c1)C=C1C(=O)CCCC1O2. The van der Waals surface area contributed by atoms with Crippen molar-refractivity contribution < 1.29 is 14.3 Å². The van der Waals surface area contributed by atoms with Crippen molar-refractivity contribution in [2.24, 2.45) is 0 Å². The van der Waals surface area contributed by atoms with E-state index in [1.165, 1.54) is 0 Å². The monoisotopic (exact) mass is 230 g/mol. The fourth-order valence-electron chi connectivity index (χ4n) is 2.42. The molecule has 3 rings (SSSR count). The van der Waals surface area contributed by atoms with Crippen LogP contribution in [0.3, 0.4) is 0 Å². The molecule has 0 saturated heterocycles.